The Hall–Kier alpha value is -3.42. The second kappa shape index (κ2) is 26.4. The molecule has 0 unspecified atom stereocenters. The summed E-state index contributed by atoms with van der Waals surface area (Å²) in [6.07, 6.45) is 37.4. The maximum absolute atomic E-state index is 12.8. The van der Waals surface area contributed by atoms with E-state index in [1.54, 1.807) is 0 Å². The predicted octanol–water partition coefficient (Wildman–Crippen LogP) is 9.75. The summed E-state index contributed by atoms with van der Waals surface area (Å²) in [4.78, 5) is 50.1. The molecule has 4 aliphatic rings. The summed E-state index contributed by atoms with van der Waals surface area (Å²) in [5.41, 5.74) is 1.98. The minimum atomic E-state index is -0.196. The fourth-order valence-corrected chi connectivity index (χ4v) is 7.41. The van der Waals surface area contributed by atoms with Crippen molar-refractivity contribution >= 4 is 23.1 Å². The third-order valence-corrected chi connectivity index (χ3v) is 10.5. The van der Waals surface area contributed by atoms with Gasteiger partial charge in [-0.2, -0.15) is 0 Å². The zero-order valence-corrected chi connectivity index (χ0v) is 32.6. The van der Waals surface area contributed by atoms with Crippen molar-refractivity contribution in [2.75, 3.05) is 27.3 Å². The van der Waals surface area contributed by atoms with Crippen molar-refractivity contribution in [3.05, 3.63) is 58.4 Å². The van der Waals surface area contributed by atoms with Crippen molar-refractivity contribution in [3.8, 4) is 0 Å². The van der Waals surface area contributed by atoms with Crippen molar-refractivity contribution in [1.82, 2.24) is 10.6 Å². The number of nitrogens with one attached hydrogen (secondary N) is 2. The van der Waals surface area contributed by atoms with E-state index in [0.29, 0.717) is 41.9 Å². The van der Waals surface area contributed by atoms with E-state index in [9.17, 15) is 19.2 Å². The number of ether oxygens (including phenoxy) is 2. The van der Waals surface area contributed by atoms with E-state index < -0.39 is 0 Å². The van der Waals surface area contributed by atoms with Gasteiger partial charge in [0, 0.05) is 36.4 Å². The van der Waals surface area contributed by atoms with Gasteiger partial charge in [-0.15, -0.1) is 0 Å². The number of hydrogen-bond acceptors (Lipinski definition) is 8. The molecule has 8 nitrogen and oxygen atoms in total. The average Bonchev–Trinajstić information content (AvgIpc) is 3.14. The van der Waals surface area contributed by atoms with Crippen molar-refractivity contribution in [2.24, 2.45) is 0 Å². The van der Waals surface area contributed by atoms with Gasteiger partial charge in [-0.1, -0.05) is 115 Å². The summed E-state index contributed by atoms with van der Waals surface area (Å²) in [7, 11) is 2.95. The van der Waals surface area contributed by atoms with E-state index in [2.05, 4.69) is 22.8 Å². The van der Waals surface area contributed by atoms with Crippen LogP contribution in [0.25, 0.3) is 0 Å². The van der Waals surface area contributed by atoms with Crippen LogP contribution in [0.5, 0.6) is 0 Å². The fraction of sp³-hybridized carbons (Fsp3) is 0.682. The number of Topliss-reactive ketones (excluding diaryl/α,β-unsaturated/α-hetero) is 2. The van der Waals surface area contributed by atoms with Gasteiger partial charge in [0.2, 0.25) is 23.1 Å². The van der Waals surface area contributed by atoms with Crippen LogP contribution in [-0.4, -0.2) is 50.4 Å². The Morgan fingerprint density at radius 2 is 0.731 bits per heavy atom. The van der Waals surface area contributed by atoms with Gasteiger partial charge in [0.1, 0.15) is 0 Å². The summed E-state index contributed by atoms with van der Waals surface area (Å²) in [6.45, 7) is 1.47. The molecule has 4 bridgehead atoms. The first-order chi connectivity index (χ1) is 25.5. The number of hydrogen-bond donors (Lipinski definition) is 2. The minimum Gasteiger partial charge on any atom is -0.492 e. The van der Waals surface area contributed by atoms with Gasteiger partial charge in [-0.25, -0.2) is 0 Å². The Labute approximate surface area is 314 Å². The quantitative estimate of drug-likeness (QED) is 0.214. The fourth-order valence-electron chi connectivity index (χ4n) is 7.41. The third kappa shape index (κ3) is 15.7. The Kier molecular flexibility index (Phi) is 21.8. The van der Waals surface area contributed by atoms with Gasteiger partial charge < -0.3 is 20.1 Å². The Balaban J connectivity index is 0.000000280. The van der Waals surface area contributed by atoms with Crippen LogP contribution in [0, 0.1) is 0 Å². The molecule has 0 saturated carbocycles. The molecule has 1 saturated heterocycles. The summed E-state index contributed by atoms with van der Waals surface area (Å²) >= 11 is 0. The number of rotatable bonds is 2. The van der Waals surface area contributed by atoms with Crippen LogP contribution in [0.1, 0.15) is 167 Å². The molecule has 0 aromatic rings. The first kappa shape index (κ1) is 43.0. The topological polar surface area (TPSA) is 111 Å². The second-order valence-corrected chi connectivity index (χ2v) is 14.7. The van der Waals surface area contributed by atoms with Gasteiger partial charge in [0.05, 0.1) is 25.6 Å². The smallest absolute Gasteiger partial charge is 0.222 e. The first-order valence-electron chi connectivity index (χ1n) is 20.8. The van der Waals surface area contributed by atoms with Crippen LogP contribution in [0.2, 0.25) is 0 Å². The van der Waals surface area contributed by atoms with E-state index >= 15 is 0 Å². The summed E-state index contributed by atoms with van der Waals surface area (Å²) in [6, 6.07) is 0. The monoisotopic (exact) mass is 721 g/mol. The van der Waals surface area contributed by atoms with Crippen LogP contribution in [-0.2, 0) is 28.7 Å². The SMILES string of the molecule is COC1=C2CCCCCCCCCC=CCCCCNC(=CC1=O)C2=O.COC1=C2CCCCCCCCCCCCCCCNC(=CC1=O)C2=O. The standard InChI is InChI=1S/C22H35NO3.C22H33NO3/c2*1-26-22-18-15-13-11-9-7-5-3-2-4-6-8-10-12-14-16-23-19(21(18)25)17-20(22)24/h17,23H,2-16H2,1H3;6,8,17,23H,2-5,7,9-16H2,1H3. The molecule has 2 heterocycles. The molecule has 0 aromatic carbocycles. The minimum absolute atomic E-state index is 0.0561. The molecule has 0 amide bonds. The number of fused-ring (bicyclic) bond motifs is 4. The number of carbonyl (C=O) groups excluding carboxylic acids is 4. The molecule has 2 aliphatic heterocycles. The lowest BCUT2D eigenvalue weighted by Crippen LogP contribution is -2.29. The van der Waals surface area contributed by atoms with Crippen molar-refractivity contribution in [1.29, 1.82) is 0 Å². The highest BCUT2D eigenvalue weighted by Crippen LogP contribution is 2.26. The lowest BCUT2D eigenvalue weighted by molar-refractivity contribution is -0.118. The van der Waals surface area contributed by atoms with Gasteiger partial charge in [0.25, 0.3) is 0 Å². The van der Waals surface area contributed by atoms with Crippen LogP contribution >= 0.6 is 0 Å². The van der Waals surface area contributed by atoms with Gasteiger partial charge >= 0.3 is 0 Å². The molecule has 8 heteroatoms. The number of methoxy groups -OCH3 is 2. The van der Waals surface area contributed by atoms with Crippen molar-refractivity contribution in [3.63, 3.8) is 0 Å². The zero-order chi connectivity index (χ0) is 37.2. The van der Waals surface area contributed by atoms with E-state index in [1.807, 2.05) is 0 Å². The Bertz CT molecular complexity index is 1300. The maximum Gasteiger partial charge on any atom is 0.222 e. The van der Waals surface area contributed by atoms with Gasteiger partial charge in [0.15, 0.2) is 11.5 Å². The van der Waals surface area contributed by atoms with Gasteiger partial charge in [-0.3, -0.25) is 19.2 Å². The van der Waals surface area contributed by atoms with E-state index in [4.69, 9.17) is 9.47 Å². The molecule has 0 aromatic heterocycles. The molecular weight excluding hydrogens is 652 g/mol. The summed E-state index contributed by atoms with van der Waals surface area (Å²) in [5.74, 6) is -0.0319. The molecule has 0 radical (unpaired) electrons. The predicted molar refractivity (Wildman–Crippen MR) is 209 cm³/mol. The van der Waals surface area contributed by atoms with E-state index in [1.165, 1.54) is 129 Å². The van der Waals surface area contributed by atoms with Crippen LogP contribution < -0.4 is 10.6 Å². The van der Waals surface area contributed by atoms with E-state index in [-0.39, 0.29) is 34.7 Å². The molecule has 290 valence electrons. The van der Waals surface area contributed by atoms with Crippen molar-refractivity contribution in [2.45, 2.75) is 167 Å². The lowest BCUT2D eigenvalue weighted by atomic mass is 9.93. The first-order valence-corrected chi connectivity index (χ1v) is 20.8. The second-order valence-electron chi connectivity index (χ2n) is 14.7. The van der Waals surface area contributed by atoms with Crippen molar-refractivity contribution < 1.29 is 28.7 Å². The normalized spacial score (nSPS) is 22.3. The molecule has 2 N–H and O–H groups in total. The largest absolute Gasteiger partial charge is 0.492 e. The molecule has 52 heavy (non-hydrogen) atoms. The number of ketones is 4. The molecule has 1 fully saturated rings. The zero-order valence-electron chi connectivity index (χ0n) is 32.6. The summed E-state index contributed by atoms with van der Waals surface area (Å²) in [5, 5.41) is 6.36. The van der Waals surface area contributed by atoms with Gasteiger partial charge in [-0.05, 0) is 64.2 Å². The average molecular weight is 721 g/mol. The molecular formula is C44H68N2O6. The van der Waals surface area contributed by atoms with Crippen LogP contribution in [0.15, 0.2) is 58.4 Å². The highest BCUT2D eigenvalue weighted by molar-refractivity contribution is 6.22. The Morgan fingerprint density at radius 1 is 0.423 bits per heavy atom. The Morgan fingerprint density at radius 3 is 1.12 bits per heavy atom. The van der Waals surface area contributed by atoms with Crippen LogP contribution in [0.4, 0.5) is 0 Å². The highest BCUT2D eigenvalue weighted by Gasteiger charge is 2.30. The number of carbonyl (C=O) groups is 4. The third-order valence-electron chi connectivity index (χ3n) is 10.5. The molecule has 2 aliphatic carbocycles. The lowest BCUT2D eigenvalue weighted by Gasteiger charge is -2.19. The molecule has 4 rings (SSSR count). The maximum atomic E-state index is 12.8. The molecule has 0 spiro atoms. The summed E-state index contributed by atoms with van der Waals surface area (Å²) < 4.78 is 10.5. The van der Waals surface area contributed by atoms with Crippen LogP contribution in [0.3, 0.4) is 0 Å². The molecule has 0 atom stereocenters. The number of allylic oxidation sites excluding steroid dienone is 6. The van der Waals surface area contributed by atoms with E-state index in [0.717, 1.165) is 57.9 Å². The highest BCUT2D eigenvalue weighted by atomic mass is 16.5.